The number of halogens is 1. The summed E-state index contributed by atoms with van der Waals surface area (Å²) in [7, 11) is -1.86. The van der Waals surface area contributed by atoms with Crippen LogP contribution >= 0.6 is 11.6 Å². The molecule has 0 bridgehead atoms. The van der Waals surface area contributed by atoms with Gasteiger partial charge in [-0.1, -0.05) is 17.7 Å². The SMILES string of the molecule is Cc1ccc(OCCNC(=O)COc2ccc(N(C)S(C)(=O)=O)cc2)cc1Cl. The second-order valence-corrected chi connectivity index (χ2v) is 8.54. The lowest BCUT2D eigenvalue weighted by Gasteiger charge is -2.16. The number of nitrogens with one attached hydrogen (secondary N) is 1. The molecule has 0 saturated carbocycles. The zero-order valence-corrected chi connectivity index (χ0v) is 17.5. The quantitative estimate of drug-likeness (QED) is 0.623. The van der Waals surface area contributed by atoms with Crippen LogP contribution in [0.15, 0.2) is 42.5 Å². The first-order valence-corrected chi connectivity index (χ1v) is 10.7. The van der Waals surface area contributed by atoms with Gasteiger partial charge in [0.15, 0.2) is 6.61 Å². The number of hydrogen-bond acceptors (Lipinski definition) is 5. The van der Waals surface area contributed by atoms with E-state index in [0.717, 1.165) is 16.1 Å². The lowest BCUT2D eigenvalue weighted by Crippen LogP contribution is -2.32. The van der Waals surface area contributed by atoms with Crippen molar-refractivity contribution in [2.24, 2.45) is 0 Å². The number of carbonyl (C=O) groups is 1. The molecule has 9 heteroatoms. The van der Waals surface area contributed by atoms with Crippen LogP contribution in [-0.4, -0.2) is 47.4 Å². The smallest absolute Gasteiger partial charge is 0.258 e. The zero-order chi connectivity index (χ0) is 20.7. The van der Waals surface area contributed by atoms with Gasteiger partial charge in [0.2, 0.25) is 10.0 Å². The summed E-state index contributed by atoms with van der Waals surface area (Å²) in [4.78, 5) is 11.8. The molecule has 2 aromatic rings. The van der Waals surface area contributed by atoms with Crippen molar-refractivity contribution in [2.75, 3.05) is 37.4 Å². The summed E-state index contributed by atoms with van der Waals surface area (Å²) < 4.78 is 35.1. The number of hydrogen-bond donors (Lipinski definition) is 1. The Morgan fingerprint density at radius 3 is 2.36 bits per heavy atom. The molecule has 7 nitrogen and oxygen atoms in total. The fourth-order valence-electron chi connectivity index (χ4n) is 2.17. The molecule has 152 valence electrons. The second kappa shape index (κ2) is 9.66. The van der Waals surface area contributed by atoms with Crippen LogP contribution in [-0.2, 0) is 14.8 Å². The molecule has 1 amide bonds. The molecule has 0 saturated heterocycles. The van der Waals surface area contributed by atoms with Gasteiger partial charge in [-0.3, -0.25) is 9.10 Å². The lowest BCUT2D eigenvalue weighted by molar-refractivity contribution is -0.123. The average molecular weight is 427 g/mol. The Bertz CT molecular complexity index is 916. The van der Waals surface area contributed by atoms with Gasteiger partial charge in [0.05, 0.1) is 18.5 Å². The van der Waals surface area contributed by atoms with Gasteiger partial charge in [-0.05, 0) is 48.9 Å². The summed E-state index contributed by atoms with van der Waals surface area (Å²) >= 11 is 6.03. The summed E-state index contributed by atoms with van der Waals surface area (Å²) in [5, 5.41) is 3.32. The molecule has 0 aliphatic heterocycles. The molecule has 0 atom stereocenters. The van der Waals surface area contributed by atoms with E-state index >= 15 is 0 Å². The molecular weight excluding hydrogens is 404 g/mol. The average Bonchev–Trinajstić information content (AvgIpc) is 2.65. The summed E-state index contributed by atoms with van der Waals surface area (Å²) in [6, 6.07) is 11.8. The molecule has 0 radical (unpaired) electrons. The number of nitrogens with zero attached hydrogens (tertiary/aromatic N) is 1. The van der Waals surface area contributed by atoms with Crippen molar-refractivity contribution in [3.8, 4) is 11.5 Å². The van der Waals surface area contributed by atoms with Gasteiger partial charge in [0, 0.05) is 12.1 Å². The van der Waals surface area contributed by atoms with Crippen LogP contribution in [0.1, 0.15) is 5.56 Å². The van der Waals surface area contributed by atoms with Crippen LogP contribution in [0.5, 0.6) is 11.5 Å². The standard InChI is InChI=1S/C19H23ClN2O5S/c1-14-4-7-17(12-18(14)20)26-11-10-21-19(23)13-27-16-8-5-15(6-9-16)22(2)28(3,24)25/h4-9,12H,10-11,13H2,1-3H3,(H,21,23). The normalized spacial score (nSPS) is 11.0. The third kappa shape index (κ3) is 6.61. The molecule has 0 spiro atoms. The number of carbonyl (C=O) groups excluding carboxylic acids is 1. The molecule has 0 heterocycles. The number of aryl methyl sites for hydroxylation is 1. The number of ether oxygens (including phenoxy) is 2. The van der Waals surface area contributed by atoms with Crippen LogP contribution in [0.2, 0.25) is 5.02 Å². The predicted molar refractivity (Wildman–Crippen MR) is 110 cm³/mol. The fourth-order valence-corrected chi connectivity index (χ4v) is 2.84. The first-order valence-electron chi connectivity index (χ1n) is 8.49. The summed E-state index contributed by atoms with van der Waals surface area (Å²) in [6.45, 7) is 2.38. The van der Waals surface area contributed by atoms with E-state index in [2.05, 4.69) is 5.32 Å². The van der Waals surface area contributed by atoms with Gasteiger partial charge in [0.1, 0.15) is 18.1 Å². The van der Waals surface area contributed by atoms with Crippen molar-refractivity contribution in [1.82, 2.24) is 5.32 Å². The monoisotopic (exact) mass is 426 g/mol. The molecule has 28 heavy (non-hydrogen) atoms. The molecule has 0 aliphatic carbocycles. The maximum Gasteiger partial charge on any atom is 0.258 e. The lowest BCUT2D eigenvalue weighted by atomic mass is 10.2. The Balaban J connectivity index is 1.71. The first kappa shape index (κ1) is 21.8. The molecular formula is C19H23ClN2O5S. The van der Waals surface area contributed by atoms with E-state index in [1.54, 1.807) is 30.3 Å². The van der Waals surface area contributed by atoms with Crippen molar-refractivity contribution in [3.05, 3.63) is 53.1 Å². The zero-order valence-electron chi connectivity index (χ0n) is 15.9. The maximum absolute atomic E-state index is 11.8. The Kier molecular flexibility index (Phi) is 7.53. The van der Waals surface area contributed by atoms with E-state index < -0.39 is 10.0 Å². The van der Waals surface area contributed by atoms with E-state index in [1.165, 1.54) is 7.05 Å². The number of sulfonamides is 1. The molecule has 0 fully saturated rings. The van der Waals surface area contributed by atoms with Gasteiger partial charge in [-0.15, -0.1) is 0 Å². The highest BCUT2D eigenvalue weighted by Gasteiger charge is 2.11. The van der Waals surface area contributed by atoms with Crippen molar-refractivity contribution < 1.29 is 22.7 Å². The molecule has 0 aliphatic rings. The van der Waals surface area contributed by atoms with Crippen LogP contribution in [0.4, 0.5) is 5.69 Å². The molecule has 2 aromatic carbocycles. The Morgan fingerprint density at radius 2 is 1.75 bits per heavy atom. The number of anilines is 1. The predicted octanol–water partition coefficient (Wildman–Crippen LogP) is 2.62. The molecule has 0 aromatic heterocycles. The number of amides is 1. The highest BCUT2D eigenvalue weighted by Crippen LogP contribution is 2.21. The topological polar surface area (TPSA) is 84.9 Å². The minimum Gasteiger partial charge on any atom is -0.492 e. The highest BCUT2D eigenvalue weighted by molar-refractivity contribution is 7.92. The van der Waals surface area contributed by atoms with Crippen LogP contribution in [0.25, 0.3) is 0 Å². The third-order valence-corrected chi connectivity index (χ3v) is 5.52. The van der Waals surface area contributed by atoms with Crippen molar-refractivity contribution in [3.63, 3.8) is 0 Å². The van der Waals surface area contributed by atoms with Gasteiger partial charge < -0.3 is 14.8 Å². The van der Waals surface area contributed by atoms with Gasteiger partial charge in [-0.2, -0.15) is 0 Å². The third-order valence-electron chi connectivity index (χ3n) is 3.90. The largest absolute Gasteiger partial charge is 0.492 e. The first-order chi connectivity index (χ1) is 13.2. The van der Waals surface area contributed by atoms with E-state index in [9.17, 15) is 13.2 Å². The van der Waals surface area contributed by atoms with Crippen LogP contribution in [0, 0.1) is 6.92 Å². The molecule has 2 rings (SSSR count). The van der Waals surface area contributed by atoms with Crippen molar-refractivity contribution >= 4 is 33.2 Å². The minimum absolute atomic E-state index is 0.155. The van der Waals surface area contributed by atoms with Crippen LogP contribution in [0.3, 0.4) is 0 Å². The number of benzene rings is 2. The van der Waals surface area contributed by atoms with E-state index in [1.807, 2.05) is 19.1 Å². The summed E-state index contributed by atoms with van der Waals surface area (Å²) in [6.07, 6.45) is 1.12. The van der Waals surface area contributed by atoms with Gasteiger partial charge in [-0.25, -0.2) is 8.42 Å². The molecule has 0 unspecified atom stereocenters. The number of rotatable bonds is 9. The summed E-state index contributed by atoms with van der Waals surface area (Å²) in [5.74, 6) is 0.814. The fraction of sp³-hybridized carbons (Fsp3) is 0.316. The van der Waals surface area contributed by atoms with Crippen LogP contribution < -0.4 is 19.1 Å². The Labute approximate surface area is 170 Å². The van der Waals surface area contributed by atoms with Gasteiger partial charge in [0.25, 0.3) is 5.91 Å². The second-order valence-electron chi connectivity index (χ2n) is 6.12. The highest BCUT2D eigenvalue weighted by atomic mass is 35.5. The van der Waals surface area contributed by atoms with Gasteiger partial charge >= 0.3 is 0 Å². The Morgan fingerprint density at radius 1 is 1.11 bits per heavy atom. The van der Waals surface area contributed by atoms with E-state index in [-0.39, 0.29) is 12.5 Å². The summed E-state index contributed by atoms with van der Waals surface area (Å²) in [5.41, 5.74) is 1.48. The molecule has 1 N–H and O–H groups in total. The maximum atomic E-state index is 11.8. The van der Waals surface area contributed by atoms with E-state index in [4.69, 9.17) is 21.1 Å². The van der Waals surface area contributed by atoms with Crippen molar-refractivity contribution in [2.45, 2.75) is 6.92 Å². The Hall–Kier alpha value is -2.45. The minimum atomic E-state index is -3.32. The van der Waals surface area contributed by atoms with E-state index in [0.29, 0.717) is 35.4 Å². The van der Waals surface area contributed by atoms with Crippen molar-refractivity contribution in [1.29, 1.82) is 0 Å².